The van der Waals surface area contributed by atoms with Gasteiger partial charge in [-0.2, -0.15) is 0 Å². The topological polar surface area (TPSA) is 96.0 Å². The van der Waals surface area contributed by atoms with Crippen molar-refractivity contribution in [2.24, 2.45) is 0 Å². The smallest absolute Gasteiger partial charge is 0.264 e. The number of ether oxygens (including phenoxy) is 1. The molecular formula is C36H40FN3O5S. The van der Waals surface area contributed by atoms with E-state index in [0.717, 1.165) is 28.3 Å². The summed E-state index contributed by atoms with van der Waals surface area (Å²) in [6, 6.07) is 27.0. The van der Waals surface area contributed by atoms with Crippen LogP contribution in [0.1, 0.15) is 36.5 Å². The van der Waals surface area contributed by atoms with E-state index in [1.54, 1.807) is 54.6 Å². The monoisotopic (exact) mass is 645 g/mol. The van der Waals surface area contributed by atoms with Gasteiger partial charge in [0.05, 0.1) is 17.7 Å². The highest BCUT2D eigenvalue weighted by molar-refractivity contribution is 7.92. The molecular weight excluding hydrogens is 605 g/mol. The maximum atomic E-state index is 15.1. The maximum Gasteiger partial charge on any atom is 0.264 e. The molecule has 0 aliphatic heterocycles. The molecule has 0 bridgehead atoms. The molecule has 8 nitrogen and oxygen atoms in total. The number of rotatable bonds is 15. The van der Waals surface area contributed by atoms with Crippen LogP contribution in [0.4, 0.5) is 10.1 Å². The van der Waals surface area contributed by atoms with E-state index >= 15 is 4.39 Å². The van der Waals surface area contributed by atoms with Gasteiger partial charge in [-0.3, -0.25) is 13.9 Å². The van der Waals surface area contributed by atoms with Crippen LogP contribution in [-0.4, -0.2) is 51.4 Å². The van der Waals surface area contributed by atoms with Crippen molar-refractivity contribution in [1.29, 1.82) is 0 Å². The number of aryl methyl sites for hydroxylation is 1. The van der Waals surface area contributed by atoms with E-state index in [-0.39, 0.29) is 34.9 Å². The van der Waals surface area contributed by atoms with Gasteiger partial charge in [0, 0.05) is 25.1 Å². The molecule has 0 aliphatic carbocycles. The molecule has 242 valence electrons. The van der Waals surface area contributed by atoms with Crippen LogP contribution < -0.4 is 14.4 Å². The van der Waals surface area contributed by atoms with E-state index in [4.69, 9.17) is 4.74 Å². The number of carbonyl (C=O) groups is 2. The Bertz CT molecular complexity index is 1720. The molecule has 10 heteroatoms. The summed E-state index contributed by atoms with van der Waals surface area (Å²) in [6.07, 6.45) is 1.73. The molecule has 46 heavy (non-hydrogen) atoms. The summed E-state index contributed by atoms with van der Waals surface area (Å²) in [5, 5.41) is 2.93. The number of nitrogens with zero attached hydrogens (tertiary/aromatic N) is 2. The minimum Gasteiger partial charge on any atom is -0.495 e. The summed E-state index contributed by atoms with van der Waals surface area (Å²) >= 11 is 0. The van der Waals surface area contributed by atoms with Crippen LogP contribution in [0.2, 0.25) is 0 Å². The number of halogens is 1. The van der Waals surface area contributed by atoms with Crippen molar-refractivity contribution in [2.75, 3.05) is 24.5 Å². The van der Waals surface area contributed by atoms with E-state index in [1.807, 2.05) is 44.2 Å². The second kappa shape index (κ2) is 16.0. The number of para-hydroxylation sites is 2. The zero-order chi connectivity index (χ0) is 33.1. The molecule has 0 heterocycles. The van der Waals surface area contributed by atoms with Crippen LogP contribution in [0, 0.1) is 12.7 Å². The standard InChI is InChI=1S/C36H40FN3O5S/c1-4-5-23-38-36(42)33(24-28-13-7-6-8-14-28)39(25-29-15-9-10-16-31(29)37)35(41)26-40(32-17-11-12-18-34(32)45-3)46(43,44)30-21-19-27(2)20-22-30/h6-22,33H,4-5,23-26H2,1-3H3,(H,38,42)/t33-/m1/s1. The number of benzene rings is 4. The normalized spacial score (nSPS) is 11.8. The Morgan fingerprint density at radius 1 is 0.891 bits per heavy atom. The van der Waals surface area contributed by atoms with E-state index in [1.165, 1.54) is 30.2 Å². The first-order chi connectivity index (χ1) is 22.1. The summed E-state index contributed by atoms with van der Waals surface area (Å²) in [5.74, 6) is -1.40. The predicted molar refractivity (Wildman–Crippen MR) is 178 cm³/mol. The van der Waals surface area contributed by atoms with Gasteiger partial charge < -0.3 is 15.0 Å². The van der Waals surface area contributed by atoms with Gasteiger partial charge in [-0.1, -0.05) is 91.7 Å². The number of anilines is 1. The molecule has 0 aliphatic rings. The SMILES string of the molecule is CCCCNC(=O)[C@@H](Cc1ccccc1)N(Cc1ccccc1F)C(=O)CN(c1ccccc1OC)S(=O)(=O)c1ccc(C)cc1. The zero-order valence-electron chi connectivity index (χ0n) is 26.4. The van der Waals surface area contributed by atoms with Gasteiger partial charge in [0.2, 0.25) is 11.8 Å². The van der Waals surface area contributed by atoms with E-state index in [0.29, 0.717) is 6.54 Å². The Balaban J connectivity index is 1.82. The summed E-state index contributed by atoms with van der Waals surface area (Å²) in [7, 11) is -2.89. The van der Waals surface area contributed by atoms with Gasteiger partial charge in [-0.15, -0.1) is 0 Å². The molecule has 1 atom stereocenters. The van der Waals surface area contributed by atoms with Gasteiger partial charge >= 0.3 is 0 Å². The molecule has 4 aromatic rings. The highest BCUT2D eigenvalue weighted by Crippen LogP contribution is 2.33. The van der Waals surface area contributed by atoms with Crippen molar-refractivity contribution in [2.45, 2.75) is 50.6 Å². The first-order valence-corrected chi connectivity index (χ1v) is 16.7. The summed E-state index contributed by atoms with van der Waals surface area (Å²) in [6.45, 7) is 3.32. The number of amides is 2. The fourth-order valence-corrected chi connectivity index (χ4v) is 6.48. The van der Waals surface area contributed by atoms with E-state index in [9.17, 15) is 18.0 Å². The van der Waals surface area contributed by atoms with Crippen LogP contribution in [0.5, 0.6) is 5.75 Å². The van der Waals surface area contributed by atoms with Crippen LogP contribution in [-0.2, 0) is 32.6 Å². The van der Waals surface area contributed by atoms with Crippen LogP contribution in [0.3, 0.4) is 0 Å². The zero-order valence-corrected chi connectivity index (χ0v) is 27.2. The minimum absolute atomic E-state index is 0.0180. The largest absolute Gasteiger partial charge is 0.495 e. The van der Waals surface area contributed by atoms with E-state index < -0.39 is 40.2 Å². The first kappa shape index (κ1) is 34.2. The first-order valence-electron chi connectivity index (χ1n) is 15.2. The minimum atomic E-state index is -4.30. The molecule has 1 N–H and O–H groups in total. The molecule has 0 spiro atoms. The van der Waals surface area contributed by atoms with Crippen molar-refractivity contribution in [1.82, 2.24) is 10.2 Å². The predicted octanol–water partition coefficient (Wildman–Crippen LogP) is 5.89. The van der Waals surface area contributed by atoms with Crippen LogP contribution in [0.25, 0.3) is 0 Å². The third-order valence-corrected chi connectivity index (χ3v) is 9.41. The number of carbonyl (C=O) groups excluding carboxylic acids is 2. The molecule has 0 saturated carbocycles. The van der Waals surface area contributed by atoms with Crippen molar-refractivity contribution < 1.29 is 27.1 Å². The third-order valence-electron chi connectivity index (χ3n) is 7.64. The van der Waals surface area contributed by atoms with Gasteiger partial charge in [0.15, 0.2) is 0 Å². The number of unbranched alkanes of at least 4 members (excludes halogenated alkanes) is 1. The summed E-state index contributed by atoms with van der Waals surface area (Å²) in [5.41, 5.74) is 2.00. The number of nitrogens with one attached hydrogen (secondary N) is 1. The second-order valence-electron chi connectivity index (χ2n) is 11.0. The van der Waals surface area contributed by atoms with E-state index in [2.05, 4.69) is 5.32 Å². The van der Waals surface area contributed by atoms with Crippen molar-refractivity contribution in [3.05, 3.63) is 126 Å². The molecule has 0 saturated heterocycles. The van der Waals surface area contributed by atoms with Crippen molar-refractivity contribution in [3.8, 4) is 5.75 Å². The van der Waals surface area contributed by atoms with Gasteiger partial charge in [0.1, 0.15) is 24.2 Å². The molecule has 0 fully saturated rings. The third kappa shape index (κ3) is 8.51. The van der Waals surface area contributed by atoms with Gasteiger partial charge in [-0.05, 0) is 49.2 Å². The summed E-state index contributed by atoms with van der Waals surface area (Å²) < 4.78 is 50.0. The highest BCUT2D eigenvalue weighted by Gasteiger charge is 2.35. The lowest BCUT2D eigenvalue weighted by Crippen LogP contribution is -2.53. The maximum absolute atomic E-state index is 15.1. The lowest BCUT2D eigenvalue weighted by atomic mass is 10.0. The molecule has 4 rings (SSSR count). The Kier molecular flexibility index (Phi) is 11.9. The second-order valence-corrected chi connectivity index (χ2v) is 12.8. The molecule has 0 radical (unpaired) electrons. The number of sulfonamides is 1. The number of hydrogen-bond acceptors (Lipinski definition) is 5. The van der Waals surface area contributed by atoms with Gasteiger partial charge in [0.25, 0.3) is 10.0 Å². The Morgan fingerprint density at radius 3 is 2.22 bits per heavy atom. The lowest BCUT2D eigenvalue weighted by molar-refractivity contribution is -0.140. The quantitative estimate of drug-likeness (QED) is 0.163. The Morgan fingerprint density at radius 2 is 1.54 bits per heavy atom. The van der Waals surface area contributed by atoms with Crippen molar-refractivity contribution >= 4 is 27.5 Å². The molecule has 0 aromatic heterocycles. The number of methoxy groups -OCH3 is 1. The summed E-state index contributed by atoms with van der Waals surface area (Å²) in [4.78, 5) is 29.6. The van der Waals surface area contributed by atoms with Crippen LogP contribution in [0.15, 0.2) is 108 Å². The van der Waals surface area contributed by atoms with Crippen LogP contribution >= 0.6 is 0 Å². The fourth-order valence-electron chi connectivity index (χ4n) is 5.06. The molecule has 0 unspecified atom stereocenters. The van der Waals surface area contributed by atoms with Gasteiger partial charge in [-0.25, -0.2) is 12.8 Å². The Labute approximate surface area is 270 Å². The Hall–Kier alpha value is -4.70. The lowest BCUT2D eigenvalue weighted by Gasteiger charge is -2.34. The average molecular weight is 646 g/mol. The average Bonchev–Trinajstić information content (AvgIpc) is 3.06. The number of hydrogen-bond donors (Lipinski definition) is 1. The fraction of sp³-hybridized carbons (Fsp3) is 0.278. The highest BCUT2D eigenvalue weighted by atomic mass is 32.2. The molecule has 4 aromatic carbocycles. The molecule has 2 amide bonds. The van der Waals surface area contributed by atoms with Crippen molar-refractivity contribution in [3.63, 3.8) is 0 Å².